The Morgan fingerprint density at radius 2 is 1.03 bits per heavy atom. The van der Waals surface area contributed by atoms with E-state index in [9.17, 15) is 0 Å². The molecule has 0 radical (unpaired) electrons. The molecule has 2 heteroatoms. The van der Waals surface area contributed by atoms with Gasteiger partial charge in [0.2, 0.25) is 0 Å². The molecule has 4 aromatic rings. The summed E-state index contributed by atoms with van der Waals surface area (Å²) in [6.07, 6.45) is 0. The highest BCUT2D eigenvalue weighted by molar-refractivity contribution is 5.96. The molecule has 1 heterocycles. The summed E-state index contributed by atoms with van der Waals surface area (Å²) in [6, 6.07) is 31.9. The van der Waals surface area contributed by atoms with Gasteiger partial charge in [0.1, 0.15) is 5.82 Å². The van der Waals surface area contributed by atoms with Crippen LogP contribution in [0.2, 0.25) is 0 Å². The molecule has 30 heavy (non-hydrogen) atoms. The number of aromatic nitrogens is 1. The fourth-order valence-corrected chi connectivity index (χ4v) is 4.15. The van der Waals surface area contributed by atoms with E-state index in [2.05, 4.69) is 117 Å². The fourth-order valence-electron chi connectivity index (χ4n) is 4.15. The second-order valence-corrected chi connectivity index (χ2v) is 7.43. The molecule has 0 amide bonds. The summed E-state index contributed by atoms with van der Waals surface area (Å²) in [4.78, 5) is 7.62. The topological polar surface area (TPSA) is 16.1 Å². The van der Waals surface area contributed by atoms with E-state index >= 15 is 0 Å². The van der Waals surface area contributed by atoms with Crippen molar-refractivity contribution in [1.82, 2.24) is 4.98 Å². The lowest BCUT2D eigenvalue weighted by atomic mass is 9.88. The van der Waals surface area contributed by atoms with Crippen molar-refractivity contribution in [1.29, 1.82) is 0 Å². The Morgan fingerprint density at radius 1 is 0.600 bits per heavy atom. The summed E-state index contributed by atoms with van der Waals surface area (Å²) in [5, 5.41) is 0. The molecule has 0 aliphatic rings. The lowest BCUT2D eigenvalue weighted by molar-refractivity contribution is 0.842. The number of hydrogen-bond acceptors (Lipinski definition) is 2. The van der Waals surface area contributed by atoms with Crippen LogP contribution in [0.3, 0.4) is 0 Å². The largest absolute Gasteiger partial charge is 0.357 e. The molecule has 0 atom stereocenters. The number of anilines is 1. The van der Waals surface area contributed by atoms with E-state index in [0.717, 1.165) is 30.2 Å². The van der Waals surface area contributed by atoms with Crippen LogP contribution in [0.4, 0.5) is 5.82 Å². The van der Waals surface area contributed by atoms with Gasteiger partial charge in [-0.2, -0.15) is 0 Å². The van der Waals surface area contributed by atoms with Crippen molar-refractivity contribution in [3.8, 4) is 33.5 Å². The molecule has 0 bridgehead atoms. The predicted octanol–water partition coefficient (Wildman–Crippen LogP) is 7.24. The molecule has 0 N–H and O–H groups in total. The van der Waals surface area contributed by atoms with Gasteiger partial charge < -0.3 is 4.90 Å². The molecule has 150 valence electrons. The Hall–Kier alpha value is -3.39. The average Bonchev–Trinajstić information content (AvgIpc) is 2.82. The van der Waals surface area contributed by atoms with Crippen LogP contribution in [0, 0.1) is 6.92 Å². The standard InChI is InChI=1S/C28H28N2/c1-4-30(5-2)28-21(3)25(22-15-9-6-10-16-22)26(23-17-11-7-12-18-23)27(29-28)24-19-13-8-14-20-24/h6-20H,4-5H2,1-3H3. The monoisotopic (exact) mass is 392 g/mol. The molecule has 3 aromatic carbocycles. The van der Waals surface area contributed by atoms with Crippen molar-refractivity contribution in [3.05, 3.63) is 96.6 Å². The van der Waals surface area contributed by atoms with Crippen molar-refractivity contribution < 1.29 is 0 Å². The summed E-state index contributed by atoms with van der Waals surface area (Å²) in [5.41, 5.74) is 8.27. The second kappa shape index (κ2) is 8.96. The van der Waals surface area contributed by atoms with Crippen molar-refractivity contribution in [2.24, 2.45) is 0 Å². The zero-order valence-corrected chi connectivity index (χ0v) is 18.0. The highest BCUT2D eigenvalue weighted by Gasteiger charge is 2.22. The van der Waals surface area contributed by atoms with Crippen LogP contribution in [0.15, 0.2) is 91.0 Å². The van der Waals surface area contributed by atoms with Gasteiger partial charge in [0.15, 0.2) is 0 Å². The van der Waals surface area contributed by atoms with Crippen molar-refractivity contribution in [2.75, 3.05) is 18.0 Å². The van der Waals surface area contributed by atoms with E-state index in [0.29, 0.717) is 0 Å². The van der Waals surface area contributed by atoms with E-state index in [4.69, 9.17) is 4.98 Å². The SMILES string of the molecule is CCN(CC)c1nc(-c2ccccc2)c(-c2ccccc2)c(-c2ccccc2)c1C. The summed E-state index contributed by atoms with van der Waals surface area (Å²) < 4.78 is 0. The summed E-state index contributed by atoms with van der Waals surface area (Å²) >= 11 is 0. The predicted molar refractivity (Wildman–Crippen MR) is 129 cm³/mol. The van der Waals surface area contributed by atoms with E-state index < -0.39 is 0 Å². The summed E-state index contributed by atoms with van der Waals surface area (Å²) in [5.74, 6) is 1.07. The quantitative estimate of drug-likeness (QED) is 0.344. The zero-order valence-electron chi connectivity index (χ0n) is 18.0. The minimum Gasteiger partial charge on any atom is -0.357 e. The first-order chi connectivity index (χ1) is 14.7. The maximum Gasteiger partial charge on any atom is 0.132 e. The van der Waals surface area contributed by atoms with E-state index in [1.807, 2.05) is 0 Å². The van der Waals surface area contributed by atoms with Gasteiger partial charge >= 0.3 is 0 Å². The molecule has 0 unspecified atom stereocenters. The summed E-state index contributed by atoms with van der Waals surface area (Å²) in [6.45, 7) is 8.46. The van der Waals surface area contributed by atoms with Crippen LogP contribution in [-0.4, -0.2) is 18.1 Å². The van der Waals surface area contributed by atoms with Crippen LogP contribution in [0.5, 0.6) is 0 Å². The molecule has 0 saturated heterocycles. The molecule has 1 aromatic heterocycles. The fraction of sp³-hybridized carbons (Fsp3) is 0.179. The third-order valence-electron chi connectivity index (χ3n) is 5.65. The van der Waals surface area contributed by atoms with Gasteiger partial charge in [-0.3, -0.25) is 0 Å². The van der Waals surface area contributed by atoms with Crippen LogP contribution in [0.1, 0.15) is 19.4 Å². The van der Waals surface area contributed by atoms with E-state index in [-0.39, 0.29) is 0 Å². The first-order valence-corrected chi connectivity index (χ1v) is 10.7. The normalized spacial score (nSPS) is 10.8. The van der Waals surface area contributed by atoms with Crippen molar-refractivity contribution in [2.45, 2.75) is 20.8 Å². The second-order valence-electron chi connectivity index (χ2n) is 7.43. The molecule has 0 spiro atoms. The third-order valence-corrected chi connectivity index (χ3v) is 5.65. The lowest BCUT2D eigenvalue weighted by Crippen LogP contribution is -2.24. The van der Waals surface area contributed by atoms with Crippen LogP contribution < -0.4 is 4.90 Å². The Balaban J connectivity index is 2.14. The zero-order chi connectivity index (χ0) is 20.9. The van der Waals surface area contributed by atoms with Crippen LogP contribution >= 0.6 is 0 Å². The van der Waals surface area contributed by atoms with Crippen molar-refractivity contribution in [3.63, 3.8) is 0 Å². The molecule has 0 saturated carbocycles. The maximum atomic E-state index is 5.27. The van der Waals surface area contributed by atoms with Gasteiger partial charge in [0.05, 0.1) is 5.69 Å². The molecule has 0 aliphatic heterocycles. The minimum atomic E-state index is 0.928. The first kappa shape index (κ1) is 19.9. The highest BCUT2D eigenvalue weighted by atomic mass is 15.2. The van der Waals surface area contributed by atoms with Crippen LogP contribution in [-0.2, 0) is 0 Å². The number of nitrogens with zero attached hydrogens (tertiary/aromatic N) is 2. The highest BCUT2D eigenvalue weighted by Crippen LogP contribution is 2.43. The molecule has 0 aliphatic carbocycles. The third kappa shape index (κ3) is 3.73. The van der Waals surface area contributed by atoms with Gasteiger partial charge in [-0.25, -0.2) is 4.98 Å². The number of benzene rings is 3. The maximum absolute atomic E-state index is 5.27. The van der Waals surface area contributed by atoms with Crippen molar-refractivity contribution >= 4 is 5.82 Å². The summed E-state index contributed by atoms with van der Waals surface area (Å²) in [7, 11) is 0. The van der Waals surface area contributed by atoms with Gasteiger partial charge in [0, 0.05) is 29.8 Å². The van der Waals surface area contributed by atoms with Gasteiger partial charge in [-0.1, -0.05) is 91.0 Å². The van der Waals surface area contributed by atoms with Crippen LogP contribution in [0.25, 0.3) is 33.5 Å². The Labute approximate surface area is 179 Å². The molecule has 2 nitrogen and oxygen atoms in total. The Morgan fingerprint density at radius 3 is 1.50 bits per heavy atom. The molecule has 0 fully saturated rings. The molecule has 4 rings (SSSR count). The Bertz CT molecular complexity index is 1100. The molecular formula is C28H28N2. The number of hydrogen-bond donors (Lipinski definition) is 0. The van der Waals surface area contributed by atoms with E-state index in [1.54, 1.807) is 0 Å². The average molecular weight is 393 g/mol. The van der Waals surface area contributed by atoms with Gasteiger partial charge in [-0.05, 0) is 37.5 Å². The Kier molecular flexibility index (Phi) is 5.94. The van der Waals surface area contributed by atoms with Gasteiger partial charge in [-0.15, -0.1) is 0 Å². The minimum absolute atomic E-state index is 0.928. The first-order valence-electron chi connectivity index (χ1n) is 10.7. The number of pyridine rings is 1. The van der Waals surface area contributed by atoms with E-state index in [1.165, 1.54) is 27.8 Å². The lowest BCUT2D eigenvalue weighted by Gasteiger charge is -2.27. The molecular weight excluding hydrogens is 364 g/mol. The smallest absolute Gasteiger partial charge is 0.132 e. The van der Waals surface area contributed by atoms with Gasteiger partial charge in [0.25, 0.3) is 0 Å². The number of rotatable bonds is 6.